The maximum Gasteiger partial charge on any atom is 0.224 e. The van der Waals surface area contributed by atoms with Crippen LogP contribution in [0.5, 0.6) is 0 Å². The summed E-state index contributed by atoms with van der Waals surface area (Å²) in [5.74, 6) is -0.536. The van der Waals surface area contributed by atoms with Crippen LogP contribution in [-0.4, -0.2) is 66.2 Å². The van der Waals surface area contributed by atoms with E-state index in [9.17, 15) is 14.4 Å². The summed E-state index contributed by atoms with van der Waals surface area (Å²) in [5.41, 5.74) is 1.93. The van der Waals surface area contributed by atoms with Crippen molar-refractivity contribution in [3.8, 4) is 0 Å². The smallest absolute Gasteiger partial charge is 0.224 e. The van der Waals surface area contributed by atoms with E-state index in [0.29, 0.717) is 50.3 Å². The van der Waals surface area contributed by atoms with E-state index >= 15 is 0 Å². The topological polar surface area (TPSA) is 88.6 Å². The lowest BCUT2D eigenvalue weighted by molar-refractivity contribution is -0.130. The number of ether oxygens (including phenoxy) is 1. The van der Waals surface area contributed by atoms with Gasteiger partial charge in [-0.2, -0.15) is 0 Å². The Hall–Kier alpha value is -2.65. The number of nitrogens with one attached hydrogen (secondary N) is 1. The van der Waals surface area contributed by atoms with Gasteiger partial charge in [0.2, 0.25) is 5.91 Å². The molecule has 3 aromatic rings. The standard InChI is InChI=1S/C32H40ClN3O4S/c1-3-27(37)18-24(19-31-35-28-11-9-25(33)20-30(28)41-31)32(39)34-26(17-23-7-5-4-6-8-23)10-12-29(38)22(2)21-36-13-15-40-16-14-36/h4-9,11,20,22,24,26H,3,10,12-19,21H2,1-2H3,(H,34,39)/t22-,24+,26-/m1/s1. The minimum Gasteiger partial charge on any atom is -0.379 e. The Kier molecular flexibility index (Phi) is 11.9. The number of hydrogen-bond donors (Lipinski definition) is 1. The molecule has 0 aliphatic carbocycles. The van der Waals surface area contributed by atoms with Crippen LogP contribution in [0, 0.1) is 11.8 Å². The van der Waals surface area contributed by atoms with Gasteiger partial charge in [-0.1, -0.05) is 55.8 Å². The van der Waals surface area contributed by atoms with Gasteiger partial charge in [0.15, 0.2) is 0 Å². The van der Waals surface area contributed by atoms with E-state index in [1.54, 1.807) is 6.07 Å². The number of thiazole rings is 1. The summed E-state index contributed by atoms with van der Waals surface area (Å²) >= 11 is 7.66. The number of carbonyl (C=O) groups excluding carboxylic acids is 3. The van der Waals surface area contributed by atoms with Gasteiger partial charge in [0.1, 0.15) is 11.6 Å². The molecule has 4 rings (SSSR count). The molecule has 1 aromatic heterocycles. The van der Waals surface area contributed by atoms with Crippen LogP contribution in [0.4, 0.5) is 0 Å². The third-order valence-electron chi connectivity index (χ3n) is 7.65. The zero-order chi connectivity index (χ0) is 29.2. The highest BCUT2D eigenvalue weighted by Crippen LogP contribution is 2.28. The van der Waals surface area contributed by atoms with Crippen molar-refractivity contribution < 1.29 is 19.1 Å². The summed E-state index contributed by atoms with van der Waals surface area (Å²) < 4.78 is 6.38. The number of halogens is 1. The molecule has 1 fully saturated rings. The normalized spacial score (nSPS) is 16.3. The molecule has 0 unspecified atom stereocenters. The van der Waals surface area contributed by atoms with Gasteiger partial charge in [0, 0.05) is 62.3 Å². The Morgan fingerprint density at radius 1 is 1.10 bits per heavy atom. The van der Waals surface area contributed by atoms with Crippen molar-refractivity contribution in [1.82, 2.24) is 15.2 Å². The third kappa shape index (κ3) is 9.70. The molecule has 0 radical (unpaired) electrons. The maximum atomic E-state index is 13.7. The van der Waals surface area contributed by atoms with E-state index in [2.05, 4.69) is 10.2 Å². The number of aromatic nitrogens is 1. The number of morpholine rings is 1. The first-order valence-electron chi connectivity index (χ1n) is 14.5. The molecule has 1 aliphatic heterocycles. The maximum absolute atomic E-state index is 13.7. The number of amides is 1. The third-order valence-corrected chi connectivity index (χ3v) is 8.93. The fourth-order valence-corrected chi connectivity index (χ4v) is 6.52. The SMILES string of the molecule is CCC(=O)C[C@@H](Cc1nc2ccc(Cl)cc2s1)C(=O)N[C@H](CCC(=O)[C@H](C)CN1CCOCC1)Cc1ccccc1. The molecular formula is C32H40ClN3O4S. The zero-order valence-corrected chi connectivity index (χ0v) is 25.5. The lowest BCUT2D eigenvalue weighted by Crippen LogP contribution is -2.42. The Morgan fingerprint density at radius 3 is 2.59 bits per heavy atom. The van der Waals surface area contributed by atoms with Crippen molar-refractivity contribution in [2.24, 2.45) is 11.8 Å². The second-order valence-electron chi connectivity index (χ2n) is 10.9. The quantitative estimate of drug-likeness (QED) is 0.248. The fraction of sp³-hybridized carbons (Fsp3) is 0.500. The summed E-state index contributed by atoms with van der Waals surface area (Å²) in [6.07, 6.45) is 2.46. The number of rotatable bonds is 15. The minimum absolute atomic E-state index is 0.0426. The van der Waals surface area contributed by atoms with E-state index in [-0.39, 0.29) is 35.9 Å². The second kappa shape index (κ2) is 15.5. The van der Waals surface area contributed by atoms with Crippen molar-refractivity contribution in [3.05, 3.63) is 64.1 Å². The Morgan fingerprint density at radius 2 is 1.85 bits per heavy atom. The predicted octanol–water partition coefficient (Wildman–Crippen LogP) is 5.52. The molecule has 9 heteroatoms. The van der Waals surface area contributed by atoms with Gasteiger partial charge in [-0.3, -0.25) is 19.3 Å². The second-order valence-corrected chi connectivity index (χ2v) is 12.5. The van der Waals surface area contributed by atoms with E-state index in [0.717, 1.165) is 40.4 Å². The monoisotopic (exact) mass is 597 g/mol. The Labute approximate surface area is 251 Å². The first kappa shape index (κ1) is 31.3. The number of fused-ring (bicyclic) bond motifs is 1. The van der Waals surface area contributed by atoms with Gasteiger partial charge in [0.25, 0.3) is 0 Å². The molecule has 0 bridgehead atoms. The number of ketones is 2. The molecule has 3 atom stereocenters. The first-order valence-corrected chi connectivity index (χ1v) is 15.7. The van der Waals surface area contributed by atoms with Crippen molar-refractivity contribution >= 4 is 50.6 Å². The lowest BCUT2D eigenvalue weighted by atomic mass is 9.93. The van der Waals surface area contributed by atoms with Gasteiger partial charge in [-0.05, 0) is 36.6 Å². The summed E-state index contributed by atoms with van der Waals surface area (Å²) in [7, 11) is 0. The fourth-order valence-electron chi connectivity index (χ4n) is 5.20. The van der Waals surface area contributed by atoms with Crippen LogP contribution < -0.4 is 5.32 Å². The molecule has 0 spiro atoms. The van der Waals surface area contributed by atoms with Gasteiger partial charge in [0.05, 0.1) is 34.4 Å². The van der Waals surface area contributed by atoms with Gasteiger partial charge in [-0.15, -0.1) is 11.3 Å². The number of benzene rings is 2. The first-order chi connectivity index (χ1) is 19.8. The molecule has 2 heterocycles. The molecule has 7 nitrogen and oxygen atoms in total. The van der Waals surface area contributed by atoms with E-state index in [4.69, 9.17) is 21.3 Å². The van der Waals surface area contributed by atoms with Gasteiger partial charge < -0.3 is 10.1 Å². The van der Waals surface area contributed by atoms with Crippen LogP contribution in [0.3, 0.4) is 0 Å². The molecule has 2 aromatic carbocycles. The van der Waals surface area contributed by atoms with Crippen LogP contribution in [0.15, 0.2) is 48.5 Å². The van der Waals surface area contributed by atoms with Crippen molar-refractivity contribution in [2.45, 2.75) is 58.4 Å². The Bertz CT molecular complexity index is 1310. The molecule has 1 saturated heterocycles. The molecule has 1 aliphatic rings. The molecule has 0 saturated carbocycles. The summed E-state index contributed by atoms with van der Waals surface area (Å²) in [6.45, 7) is 7.65. The van der Waals surface area contributed by atoms with Crippen molar-refractivity contribution in [2.75, 3.05) is 32.8 Å². The Balaban J connectivity index is 1.44. The molecule has 41 heavy (non-hydrogen) atoms. The summed E-state index contributed by atoms with van der Waals surface area (Å²) in [4.78, 5) is 46.3. The zero-order valence-electron chi connectivity index (χ0n) is 23.9. The van der Waals surface area contributed by atoms with Gasteiger partial charge in [-0.25, -0.2) is 4.98 Å². The van der Waals surface area contributed by atoms with Crippen molar-refractivity contribution in [3.63, 3.8) is 0 Å². The van der Waals surface area contributed by atoms with Crippen LogP contribution >= 0.6 is 22.9 Å². The predicted molar refractivity (Wildman–Crippen MR) is 164 cm³/mol. The largest absolute Gasteiger partial charge is 0.379 e. The molecule has 1 N–H and O–H groups in total. The van der Waals surface area contributed by atoms with E-state index in [1.807, 2.05) is 56.3 Å². The van der Waals surface area contributed by atoms with Crippen LogP contribution in [-0.2, 0) is 32.0 Å². The average Bonchev–Trinajstić information content (AvgIpc) is 3.37. The number of nitrogens with zero attached hydrogens (tertiary/aromatic N) is 2. The van der Waals surface area contributed by atoms with E-state index in [1.165, 1.54) is 11.3 Å². The summed E-state index contributed by atoms with van der Waals surface area (Å²) in [6, 6.07) is 15.3. The van der Waals surface area contributed by atoms with Crippen LogP contribution in [0.2, 0.25) is 5.02 Å². The highest BCUT2D eigenvalue weighted by atomic mass is 35.5. The van der Waals surface area contributed by atoms with Gasteiger partial charge >= 0.3 is 0 Å². The van der Waals surface area contributed by atoms with Crippen molar-refractivity contribution in [1.29, 1.82) is 0 Å². The lowest BCUT2D eigenvalue weighted by Gasteiger charge is -2.29. The minimum atomic E-state index is -0.535. The number of Topliss-reactive ketones (excluding diaryl/α,β-unsaturated/α-hetero) is 2. The molecule has 1 amide bonds. The van der Waals surface area contributed by atoms with Crippen LogP contribution in [0.1, 0.15) is 50.1 Å². The highest BCUT2D eigenvalue weighted by molar-refractivity contribution is 7.18. The molecule has 220 valence electrons. The van der Waals surface area contributed by atoms with E-state index < -0.39 is 5.92 Å². The average molecular weight is 598 g/mol. The summed E-state index contributed by atoms with van der Waals surface area (Å²) in [5, 5.41) is 4.66. The molecular weight excluding hydrogens is 558 g/mol. The number of carbonyl (C=O) groups is 3. The van der Waals surface area contributed by atoms with Crippen LogP contribution in [0.25, 0.3) is 10.2 Å². The highest BCUT2D eigenvalue weighted by Gasteiger charge is 2.27. The number of hydrogen-bond acceptors (Lipinski definition) is 7.